The maximum Gasteiger partial charge on any atom is 0.257 e. The molecule has 3 aromatic rings. The monoisotopic (exact) mass is 458 g/mol. The zero-order valence-electron chi connectivity index (χ0n) is 16.5. The van der Waals surface area contributed by atoms with Crippen LogP contribution in [0.4, 0.5) is 11.4 Å². The van der Waals surface area contributed by atoms with Gasteiger partial charge < -0.3 is 10.6 Å². The minimum absolute atomic E-state index is 0.0904. The summed E-state index contributed by atoms with van der Waals surface area (Å²) in [6.07, 6.45) is 0. The van der Waals surface area contributed by atoms with E-state index in [0.717, 1.165) is 21.7 Å². The van der Waals surface area contributed by atoms with Crippen molar-refractivity contribution in [3.05, 3.63) is 87.4 Å². The first-order valence-electron chi connectivity index (χ1n) is 9.17. The molecule has 30 heavy (non-hydrogen) atoms. The third kappa shape index (κ3) is 6.26. The second-order valence-corrected chi connectivity index (χ2v) is 8.71. The van der Waals surface area contributed by atoms with E-state index in [-0.39, 0.29) is 22.6 Å². The summed E-state index contributed by atoms with van der Waals surface area (Å²) < 4.78 is 0. The van der Waals surface area contributed by atoms with Crippen LogP contribution in [0, 0.1) is 13.8 Å². The van der Waals surface area contributed by atoms with E-state index >= 15 is 0 Å². The van der Waals surface area contributed by atoms with E-state index in [1.165, 1.54) is 17.8 Å². The van der Waals surface area contributed by atoms with E-state index in [4.69, 9.17) is 23.2 Å². The SMILES string of the molecule is Cc1cc(C)cc(NC(=O)CSc2cccc(NC(=O)c3ccc(Cl)cc3Cl)c2)c1. The molecule has 0 saturated heterocycles. The Balaban J connectivity index is 1.59. The van der Waals surface area contributed by atoms with Gasteiger partial charge in [0.1, 0.15) is 0 Å². The smallest absolute Gasteiger partial charge is 0.257 e. The highest BCUT2D eigenvalue weighted by atomic mass is 35.5. The number of rotatable bonds is 6. The lowest BCUT2D eigenvalue weighted by molar-refractivity contribution is -0.113. The third-order valence-corrected chi connectivity index (χ3v) is 5.68. The second-order valence-electron chi connectivity index (χ2n) is 6.82. The lowest BCUT2D eigenvalue weighted by Crippen LogP contribution is -2.14. The number of hydrogen-bond donors (Lipinski definition) is 2. The third-order valence-electron chi connectivity index (χ3n) is 4.14. The number of aryl methyl sites for hydroxylation is 2. The van der Waals surface area contributed by atoms with Gasteiger partial charge in [0.15, 0.2) is 0 Å². The van der Waals surface area contributed by atoms with Gasteiger partial charge in [0, 0.05) is 21.3 Å². The fourth-order valence-electron chi connectivity index (χ4n) is 2.93. The van der Waals surface area contributed by atoms with E-state index in [1.807, 2.05) is 44.2 Å². The maximum absolute atomic E-state index is 12.5. The Bertz CT molecular complexity index is 1080. The van der Waals surface area contributed by atoms with Crippen molar-refractivity contribution in [3.63, 3.8) is 0 Å². The van der Waals surface area contributed by atoms with Crippen LogP contribution in [0.3, 0.4) is 0 Å². The average molecular weight is 459 g/mol. The summed E-state index contributed by atoms with van der Waals surface area (Å²) in [5.41, 5.74) is 3.95. The molecular formula is C23H20Cl2N2O2S. The van der Waals surface area contributed by atoms with E-state index in [2.05, 4.69) is 16.7 Å². The lowest BCUT2D eigenvalue weighted by Gasteiger charge is -2.10. The first-order chi connectivity index (χ1) is 14.3. The van der Waals surface area contributed by atoms with Gasteiger partial charge in [-0.05, 0) is 73.5 Å². The van der Waals surface area contributed by atoms with Crippen LogP contribution in [0.5, 0.6) is 0 Å². The quantitative estimate of drug-likeness (QED) is 0.409. The van der Waals surface area contributed by atoms with Crippen molar-refractivity contribution in [1.29, 1.82) is 0 Å². The Hall–Kier alpha value is -2.47. The van der Waals surface area contributed by atoms with E-state index in [0.29, 0.717) is 16.3 Å². The van der Waals surface area contributed by atoms with E-state index in [9.17, 15) is 9.59 Å². The van der Waals surface area contributed by atoms with Crippen LogP contribution in [-0.2, 0) is 4.79 Å². The molecular weight excluding hydrogens is 439 g/mol. The summed E-state index contributed by atoms with van der Waals surface area (Å²) in [5, 5.41) is 6.49. The fraction of sp³-hybridized carbons (Fsp3) is 0.130. The molecule has 0 atom stereocenters. The highest BCUT2D eigenvalue weighted by Gasteiger charge is 2.12. The molecule has 4 nitrogen and oxygen atoms in total. The Labute approximate surface area is 190 Å². The average Bonchev–Trinajstić information content (AvgIpc) is 2.65. The number of halogens is 2. The highest BCUT2D eigenvalue weighted by molar-refractivity contribution is 8.00. The van der Waals surface area contributed by atoms with Crippen molar-refractivity contribution in [3.8, 4) is 0 Å². The molecule has 7 heteroatoms. The predicted molar refractivity (Wildman–Crippen MR) is 126 cm³/mol. The number of benzene rings is 3. The highest BCUT2D eigenvalue weighted by Crippen LogP contribution is 2.25. The Morgan fingerprint density at radius 1 is 0.867 bits per heavy atom. The van der Waals surface area contributed by atoms with Crippen LogP contribution in [0.25, 0.3) is 0 Å². The number of carbonyl (C=O) groups is 2. The summed E-state index contributed by atoms with van der Waals surface area (Å²) in [6.45, 7) is 3.99. The van der Waals surface area contributed by atoms with E-state index in [1.54, 1.807) is 18.2 Å². The van der Waals surface area contributed by atoms with Crippen LogP contribution in [0.1, 0.15) is 21.5 Å². The van der Waals surface area contributed by atoms with Gasteiger partial charge in [-0.2, -0.15) is 0 Å². The number of amides is 2. The second kappa shape index (κ2) is 10.0. The van der Waals surface area contributed by atoms with Gasteiger partial charge in [-0.25, -0.2) is 0 Å². The van der Waals surface area contributed by atoms with Crippen molar-refractivity contribution in [2.24, 2.45) is 0 Å². The number of anilines is 2. The first-order valence-corrected chi connectivity index (χ1v) is 10.9. The van der Waals surface area contributed by atoms with Gasteiger partial charge in [-0.3, -0.25) is 9.59 Å². The largest absolute Gasteiger partial charge is 0.325 e. The number of nitrogens with one attached hydrogen (secondary N) is 2. The molecule has 0 fully saturated rings. The lowest BCUT2D eigenvalue weighted by atomic mass is 10.1. The molecule has 0 heterocycles. The summed E-state index contributed by atoms with van der Waals surface area (Å²) in [4.78, 5) is 25.6. The first kappa shape index (κ1) is 22.2. The molecule has 0 aliphatic heterocycles. The van der Waals surface area contributed by atoms with Gasteiger partial charge in [0.2, 0.25) is 5.91 Å². The molecule has 154 valence electrons. The van der Waals surface area contributed by atoms with Gasteiger partial charge in [-0.15, -0.1) is 11.8 Å². The molecule has 0 aliphatic carbocycles. The van der Waals surface area contributed by atoms with Crippen molar-refractivity contribution < 1.29 is 9.59 Å². The Kier molecular flexibility index (Phi) is 7.43. The van der Waals surface area contributed by atoms with Gasteiger partial charge >= 0.3 is 0 Å². The molecule has 2 amide bonds. The zero-order valence-corrected chi connectivity index (χ0v) is 18.8. The van der Waals surface area contributed by atoms with Gasteiger partial charge in [0.05, 0.1) is 16.3 Å². The molecule has 3 aromatic carbocycles. The maximum atomic E-state index is 12.5. The number of hydrogen-bond acceptors (Lipinski definition) is 3. The predicted octanol–water partition coefficient (Wildman–Crippen LogP) is 6.59. The summed E-state index contributed by atoms with van der Waals surface area (Å²) in [5.74, 6) is -0.160. The molecule has 3 rings (SSSR count). The number of thioether (sulfide) groups is 1. The van der Waals surface area contributed by atoms with Crippen molar-refractivity contribution in [2.45, 2.75) is 18.7 Å². The molecule has 0 unspecified atom stereocenters. The standard InChI is InChI=1S/C23H20Cl2N2O2S/c1-14-8-15(2)10-18(9-14)26-22(28)13-30-19-5-3-4-17(12-19)27-23(29)20-7-6-16(24)11-21(20)25/h3-12H,13H2,1-2H3,(H,26,28)(H,27,29). The van der Waals surface area contributed by atoms with Crippen molar-refractivity contribution >= 4 is 58.2 Å². The molecule has 0 radical (unpaired) electrons. The normalized spacial score (nSPS) is 10.5. The zero-order chi connectivity index (χ0) is 21.7. The van der Waals surface area contributed by atoms with Crippen LogP contribution in [0.15, 0.2) is 65.6 Å². The summed E-state index contributed by atoms with van der Waals surface area (Å²) in [7, 11) is 0. The molecule has 0 bridgehead atoms. The van der Waals surface area contributed by atoms with Crippen LogP contribution < -0.4 is 10.6 Å². The van der Waals surface area contributed by atoms with Crippen molar-refractivity contribution in [2.75, 3.05) is 16.4 Å². The minimum atomic E-state index is -0.327. The Morgan fingerprint density at radius 3 is 2.30 bits per heavy atom. The van der Waals surface area contributed by atoms with Crippen molar-refractivity contribution in [1.82, 2.24) is 0 Å². The minimum Gasteiger partial charge on any atom is -0.325 e. The van der Waals surface area contributed by atoms with Gasteiger partial charge in [-0.1, -0.05) is 35.3 Å². The summed E-state index contributed by atoms with van der Waals surface area (Å²) >= 11 is 13.4. The Morgan fingerprint density at radius 2 is 1.60 bits per heavy atom. The van der Waals surface area contributed by atoms with Gasteiger partial charge in [0.25, 0.3) is 5.91 Å². The fourth-order valence-corrected chi connectivity index (χ4v) is 4.18. The molecule has 0 spiro atoms. The molecule has 0 aromatic heterocycles. The molecule has 2 N–H and O–H groups in total. The van der Waals surface area contributed by atoms with Crippen LogP contribution >= 0.6 is 35.0 Å². The number of carbonyl (C=O) groups excluding carboxylic acids is 2. The molecule has 0 saturated carbocycles. The topological polar surface area (TPSA) is 58.2 Å². The van der Waals surface area contributed by atoms with Crippen LogP contribution in [0.2, 0.25) is 10.0 Å². The van der Waals surface area contributed by atoms with Crippen LogP contribution in [-0.4, -0.2) is 17.6 Å². The van der Waals surface area contributed by atoms with E-state index < -0.39 is 0 Å². The molecule has 0 aliphatic rings. The summed E-state index contributed by atoms with van der Waals surface area (Å²) in [6, 6.07) is 18.0.